The zero-order chi connectivity index (χ0) is 9.97. The van der Waals surface area contributed by atoms with Crippen molar-refractivity contribution in [2.24, 2.45) is 5.92 Å². The second kappa shape index (κ2) is 4.41. The van der Waals surface area contributed by atoms with E-state index in [1.165, 1.54) is 23.4 Å². The Balaban J connectivity index is 1.69. The van der Waals surface area contributed by atoms with Crippen LogP contribution in [0, 0.1) is 12.8 Å². The van der Waals surface area contributed by atoms with Crippen molar-refractivity contribution in [3.63, 3.8) is 0 Å². The van der Waals surface area contributed by atoms with Crippen LogP contribution >= 0.6 is 11.3 Å². The molecule has 1 aliphatic rings. The summed E-state index contributed by atoms with van der Waals surface area (Å²) >= 11 is 1.77. The zero-order valence-electron chi connectivity index (χ0n) is 8.92. The Morgan fingerprint density at radius 1 is 1.64 bits per heavy atom. The Kier molecular flexibility index (Phi) is 3.19. The van der Waals surface area contributed by atoms with Crippen molar-refractivity contribution in [2.45, 2.75) is 39.2 Å². The minimum Gasteiger partial charge on any atom is -0.314 e. The van der Waals surface area contributed by atoms with Crippen LogP contribution in [0.25, 0.3) is 0 Å². The Morgan fingerprint density at radius 3 is 3.00 bits per heavy atom. The summed E-state index contributed by atoms with van der Waals surface area (Å²) in [5.74, 6) is 0.956. The summed E-state index contributed by atoms with van der Waals surface area (Å²) < 4.78 is 0. The summed E-state index contributed by atoms with van der Waals surface area (Å²) in [5.41, 5.74) is 3.14. The Bertz CT molecular complexity index is 291. The highest BCUT2D eigenvalue weighted by Crippen LogP contribution is 2.32. The largest absolute Gasteiger partial charge is 0.314 e. The number of rotatable bonds is 5. The monoisotopic (exact) mass is 210 g/mol. The average Bonchev–Trinajstić information content (AvgIpc) is 2.93. The van der Waals surface area contributed by atoms with Crippen molar-refractivity contribution in [1.82, 2.24) is 10.3 Å². The van der Waals surface area contributed by atoms with Gasteiger partial charge in [-0.25, -0.2) is 4.98 Å². The third-order valence-electron chi connectivity index (χ3n) is 2.99. The van der Waals surface area contributed by atoms with Gasteiger partial charge in [-0.05, 0) is 39.0 Å². The first-order valence-corrected chi connectivity index (χ1v) is 6.27. The van der Waals surface area contributed by atoms with E-state index in [1.54, 1.807) is 11.3 Å². The van der Waals surface area contributed by atoms with Crippen molar-refractivity contribution >= 4 is 11.3 Å². The van der Waals surface area contributed by atoms with Crippen LogP contribution in [0.5, 0.6) is 0 Å². The molecule has 78 valence electrons. The van der Waals surface area contributed by atoms with E-state index >= 15 is 0 Å². The molecule has 1 aromatic rings. The highest BCUT2D eigenvalue weighted by atomic mass is 32.1. The molecule has 14 heavy (non-hydrogen) atoms. The fraction of sp³-hybridized carbons (Fsp3) is 0.727. The smallest absolute Gasteiger partial charge is 0.0797 e. The SMILES string of the molecule is Cc1ncsc1CCNC(C)C1CC1. The number of aromatic nitrogens is 1. The molecule has 1 aliphatic carbocycles. The molecule has 1 fully saturated rings. The van der Waals surface area contributed by atoms with Gasteiger partial charge >= 0.3 is 0 Å². The highest BCUT2D eigenvalue weighted by molar-refractivity contribution is 7.09. The normalized spacial score (nSPS) is 18.4. The van der Waals surface area contributed by atoms with Crippen LogP contribution in [0.15, 0.2) is 5.51 Å². The first kappa shape index (κ1) is 10.1. The molecule has 1 aromatic heterocycles. The lowest BCUT2D eigenvalue weighted by atomic mass is 10.2. The van der Waals surface area contributed by atoms with Gasteiger partial charge in [-0.2, -0.15) is 0 Å². The van der Waals surface area contributed by atoms with Crippen molar-refractivity contribution in [3.8, 4) is 0 Å². The number of hydrogen-bond donors (Lipinski definition) is 1. The molecule has 0 radical (unpaired) electrons. The third-order valence-corrected chi connectivity index (χ3v) is 3.99. The quantitative estimate of drug-likeness (QED) is 0.807. The highest BCUT2D eigenvalue weighted by Gasteiger charge is 2.27. The van der Waals surface area contributed by atoms with Crippen LogP contribution in [0.4, 0.5) is 0 Å². The van der Waals surface area contributed by atoms with E-state index in [2.05, 4.69) is 24.1 Å². The molecule has 1 saturated carbocycles. The third kappa shape index (κ3) is 2.55. The van der Waals surface area contributed by atoms with Crippen LogP contribution in [0.2, 0.25) is 0 Å². The maximum atomic E-state index is 4.25. The molecule has 0 spiro atoms. The summed E-state index contributed by atoms with van der Waals surface area (Å²) in [6.07, 6.45) is 3.98. The lowest BCUT2D eigenvalue weighted by Gasteiger charge is -2.11. The number of thiazole rings is 1. The van der Waals surface area contributed by atoms with Gasteiger partial charge in [0.1, 0.15) is 0 Å². The van der Waals surface area contributed by atoms with Gasteiger partial charge in [0.05, 0.1) is 11.2 Å². The minimum absolute atomic E-state index is 0.711. The lowest BCUT2D eigenvalue weighted by molar-refractivity contribution is 0.500. The van der Waals surface area contributed by atoms with Gasteiger partial charge in [0.25, 0.3) is 0 Å². The second-order valence-electron chi connectivity index (χ2n) is 4.19. The molecule has 0 bridgehead atoms. The lowest BCUT2D eigenvalue weighted by Crippen LogP contribution is -2.29. The topological polar surface area (TPSA) is 24.9 Å². The summed E-state index contributed by atoms with van der Waals surface area (Å²) in [6, 6.07) is 0.711. The molecule has 1 N–H and O–H groups in total. The standard InChI is InChI=1S/C11H18N2S/c1-8(10-3-4-10)12-6-5-11-9(2)13-7-14-11/h7-8,10,12H,3-6H2,1-2H3. The predicted octanol–water partition coefficient (Wildman–Crippen LogP) is 2.38. The van der Waals surface area contributed by atoms with Gasteiger partial charge in [-0.15, -0.1) is 11.3 Å². The van der Waals surface area contributed by atoms with E-state index in [1.807, 2.05) is 5.51 Å². The van der Waals surface area contributed by atoms with Crippen molar-refractivity contribution in [1.29, 1.82) is 0 Å². The average molecular weight is 210 g/mol. The molecule has 0 saturated heterocycles. The van der Waals surface area contributed by atoms with Crippen molar-refractivity contribution in [3.05, 3.63) is 16.1 Å². The van der Waals surface area contributed by atoms with E-state index in [0.29, 0.717) is 6.04 Å². The molecule has 0 amide bonds. The van der Waals surface area contributed by atoms with Gasteiger partial charge in [-0.3, -0.25) is 0 Å². The van der Waals surface area contributed by atoms with Gasteiger partial charge in [-0.1, -0.05) is 0 Å². The van der Waals surface area contributed by atoms with Crippen LogP contribution in [0.3, 0.4) is 0 Å². The zero-order valence-corrected chi connectivity index (χ0v) is 9.73. The van der Waals surface area contributed by atoms with Crippen molar-refractivity contribution < 1.29 is 0 Å². The fourth-order valence-corrected chi connectivity index (χ4v) is 2.52. The van der Waals surface area contributed by atoms with Gasteiger partial charge in [0, 0.05) is 17.5 Å². The fourth-order valence-electron chi connectivity index (χ4n) is 1.74. The number of nitrogens with one attached hydrogen (secondary N) is 1. The summed E-state index contributed by atoms with van der Waals surface area (Å²) in [6.45, 7) is 5.49. The molecular formula is C11H18N2S. The van der Waals surface area contributed by atoms with Crippen molar-refractivity contribution in [2.75, 3.05) is 6.54 Å². The minimum atomic E-state index is 0.711. The first-order chi connectivity index (χ1) is 6.77. The van der Waals surface area contributed by atoms with Gasteiger partial charge in [0.15, 0.2) is 0 Å². The van der Waals surface area contributed by atoms with E-state index in [9.17, 15) is 0 Å². The van der Waals surface area contributed by atoms with Crippen LogP contribution in [-0.4, -0.2) is 17.6 Å². The molecule has 0 aliphatic heterocycles. The van der Waals surface area contributed by atoms with E-state index < -0.39 is 0 Å². The van der Waals surface area contributed by atoms with E-state index in [0.717, 1.165) is 18.9 Å². The molecule has 1 unspecified atom stereocenters. The molecule has 2 rings (SSSR count). The molecular weight excluding hydrogens is 192 g/mol. The number of hydrogen-bond acceptors (Lipinski definition) is 3. The van der Waals surface area contributed by atoms with Crippen LogP contribution < -0.4 is 5.32 Å². The van der Waals surface area contributed by atoms with E-state index in [-0.39, 0.29) is 0 Å². The van der Waals surface area contributed by atoms with Gasteiger partial charge in [0.2, 0.25) is 0 Å². The first-order valence-electron chi connectivity index (χ1n) is 5.39. The maximum Gasteiger partial charge on any atom is 0.0797 e. The summed E-state index contributed by atoms with van der Waals surface area (Å²) in [4.78, 5) is 5.68. The molecule has 2 nitrogen and oxygen atoms in total. The van der Waals surface area contributed by atoms with Crippen LogP contribution in [-0.2, 0) is 6.42 Å². The second-order valence-corrected chi connectivity index (χ2v) is 5.13. The van der Waals surface area contributed by atoms with E-state index in [4.69, 9.17) is 0 Å². The summed E-state index contributed by atoms with van der Waals surface area (Å²) in [5, 5.41) is 3.59. The molecule has 1 atom stereocenters. The Morgan fingerprint density at radius 2 is 2.43 bits per heavy atom. The Hall–Kier alpha value is -0.410. The summed E-state index contributed by atoms with van der Waals surface area (Å²) in [7, 11) is 0. The Labute approximate surface area is 89.8 Å². The van der Waals surface area contributed by atoms with Crippen LogP contribution in [0.1, 0.15) is 30.3 Å². The molecule has 0 aromatic carbocycles. The maximum absolute atomic E-state index is 4.25. The molecule has 1 heterocycles. The number of nitrogens with zero attached hydrogens (tertiary/aromatic N) is 1. The predicted molar refractivity (Wildman–Crippen MR) is 60.7 cm³/mol. The van der Waals surface area contributed by atoms with Gasteiger partial charge < -0.3 is 5.32 Å². The number of aryl methyl sites for hydroxylation is 1. The molecule has 3 heteroatoms.